The third kappa shape index (κ3) is 3.53. The highest BCUT2D eigenvalue weighted by molar-refractivity contribution is 7.11. The van der Waals surface area contributed by atoms with Crippen LogP contribution in [0, 0.1) is 5.82 Å². The molecule has 2 aromatic heterocycles. The predicted octanol–water partition coefficient (Wildman–Crippen LogP) is 1.96. The topological polar surface area (TPSA) is 62.6 Å². The van der Waals surface area contributed by atoms with Crippen molar-refractivity contribution in [2.24, 2.45) is 5.10 Å². The summed E-state index contributed by atoms with van der Waals surface area (Å²) in [4.78, 5) is 10.9. The van der Waals surface area contributed by atoms with Crippen molar-refractivity contribution in [3.8, 4) is 0 Å². The molecule has 1 aliphatic heterocycles. The molecule has 0 saturated carbocycles. The minimum absolute atomic E-state index is 0.269. The van der Waals surface area contributed by atoms with E-state index in [0.29, 0.717) is 26.3 Å². The van der Waals surface area contributed by atoms with E-state index in [0.717, 1.165) is 11.1 Å². The fourth-order valence-corrected chi connectivity index (χ4v) is 2.51. The molecule has 0 aliphatic carbocycles. The molecule has 1 aliphatic rings. The van der Waals surface area contributed by atoms with Gasteiger partial charge in [0.15, 0.2) is 11.6 Å². The van der Waals surface area contributed by atoms with Gasteiger partial charge in [-0.15, -0.1) is 11.3 Å². The molecular formula is C13H14FN5OS. The third-order valence-electron chi connectivity index (χ3n) is 2.94. The Hall–Kier alpha value is -2.06. The largest absolute Gasteiger partial charge is 0.378 e. The van der Waals surface area contributed by atoms with Crippen molar-refractivity contribution in [2.45, 2.75) is 0 Å². The van der Waals surface area contributed by atoms with Gasteiger partial charge in [-0.1, -0.05) is 6.07 Å². The molecule has 21 heavy (non-hydrogen) atoms. The summed E-state index contributed by atoms with van der Waals surface area (Å²) in [7, 11) is 0. The Morgan fingerprint density at radius 3 is 3.05 bits per heavy atom. The first-order valence-corrected chi connectivity index (χ1v) is 7.39. The number of ether oxygens (including phenoxy) is 1. The summed E-state index contributed by atoms with van der Waals surface area (Å²) >= 11 is 1.57. The number of nitrogens with zero attached hydrogens (tertiary/aromatic N) is 4. The van der Waals surface area contributed by atoms with Gasteiger partial charge in [0.05, 0.1) is 25.6 Å². The van der Waals surface area contributed by atoms with Crippen LogP contribution in [0.25, 0.3) is 0 Å². The number of thiophene rings is 1. The van der Waals surface area contributed by atoms with Crippen molar-refractivity contribution in [2.75, 3.05) is 36.6 Å². The second kappa shape index (κ2) is 6.59. The standard InChI is InChI=1S/C13H14FN5OS/c14-11-9-15-13(18-16-8-10-2-1-7-21-10)17-12(11)19-3-5-20-6-4-19/h1-2,7-9H,3-6H2,(H,15,17,18)/b16-8-. The quantitative estimate of drug-likeness (QED) is 0.691. The third-order valence-corrected chi connectivity index (χ3v) is 3.74. The fraction of sp³-hybridized carbons (Fsp3) is 0.308. The molecule has 0 bridgehead atoms. The van der Waals surface area contributed by atoms with Gasteiger partial charge in [-0.2, -0.15) is 10.1 Å². The summed E-state index contributed by atoms with van der Waals surface area (Å²) in [6.45, 7) is 2.38. The number of halogens is 1. The Bertz CT molecular complexity index is 613. The molecule has 3 heterocycles. The number of hydrogen-bond acceptors (Lipinski definition) is 7. The summed E-state index contributed by atoms with van der Waals surface area (Å²) in [6, 6.07) is 3.89. The van der Waals surface area contributed by atoms with Gasteiger partial charge in [0.25, 0.3) is 0 Å². The number of hydrazone groups is 1. The van der Waals surface area contributed by atoms with Gasteiger partial charge >= 0.3 is 0 Å². The maximum absolute atomic E-state index is 13.8. The summed E-state index contributed by atoms with van der Waals surface area (Å²) in [5, 5.41) is 6.01. The Kier molecular flexibility index (Phi) is 4.37. The molecule has 1 N–H and O–H groups in total. The molecule has 3 rings (SSSR count). The average molecular weight is 307 g/mol. The second-order valence-corrected chi connectivity index (χ2v) is 5.33. The number of anilines is 2. The van der Waals surface area contributed by atoms with Crippen LogP contribution in [0.4, 0.5) is 16.2 Å². The monoisotopic (exact) mass is 307 g/mol. The predicted molar refractivity (Wildman–Crippen MR) is 80.6 cm³/mol. The van der Waals surface area contributed by atoms with Gasteiger partial charge in [0, 0.05) is 18.0 Å². The first kappa shape index (κ1) is 13.9. The minimum Gasteiger partial charge on any atom is -0.378 e. The van der Waals surface area contributed by atoms with E-state index in [1.165, 1.54) is 0 Å². The van der Waals surface area contributed by atoms with Crippen LogP contribution in [-0.2, 0) is 4.74 Å². The van der Waals surface area contributed by atoms with E-state index in [1.54, 1.807) is 17.6 Å². The van der Waals surface area contributed by atoms with Crippen LogP contribution in [0.3, 0.4) is 0 Å². The van der Waals surface area contributed by atoms with Crippen molar-refractivity contribution in [3.63, 3.8) is 0 Å². The van der Waals surface area contributed by atoms with Gasteiger partial charge in [-0.05, 0) is 11.4 Å². The smallest absolute Gasteiger partial charge is 0.245 e. The molecule has 0 radical (unpaired) electrons. The average Bonchev–Trinajstić information content (AvgIpc) is 3.03. The van der Waals surface area contributed by atoms with Crippen LogP contribution in [0.5, 0.6) is 0 Å². The Morgan fingerprint density at radius 2 is 2.29 bits per heavy atom. The lowest BCUT2D eigenvalue weighted by atomic mass is 10.4. The molecule has 0 aromatic carbocycles. The highest BCUT2D eigenvalue weighted by Crippen LogP contribution is 2.18. The van der Waals surface area contributed by atoms with Crippen molar-refractivity contribution in [3.05, 3.63) is 34.4 Å². The summed E-state index contributed by atoms with van der Waals surface area (Å²) in [5.74, 6) is 0.109. The lowest BCUT2D eigenvalue weighted by Crippen LogP contribution is -2.37. The molecule has 0 spiro atoms. The molecule has 8 heteroatoms. The maximum Gasteiger partial charge on any atom is 0.245 e. The normalized spacial score (nSPS) is 15.6. The van der Waals surface area contributed by atoms with Gasteiger partial charge in [0.2, 0.25) is 5.95 Å². The Balaban J connectivity index is 1.71. The van der Waals surface area contributed by atoms with E-state index in [1.807, 2.05) is 22.4 Å². The number of rotatable bonds is 4. The number of nitrogens with one attached hydrogen (secondary N) is 1. The molecule has 2 aromatic rings. The SMILES string of the molecule is Fc1cnc(N/N=C\c2cccs2)nc1N1CCOCC1. The lowest BCUT2D eigenvalue weighted by molar-refractivity contribution is 0.122. The lowest BCUT2D eigenvalue weighted by Gasteiger charge is -2.27. The van der Waals surface area contributed by atoms with Gasteiger partial charge in [-0.25, -0.2) is 14.8 Å². The molecule has 6 nitrogen and oxygen atoms in total. The molecule has 0 atom stereocenters. The highest BCUT2D eigenvalue weighted by Gasteiger charge is 2.17. The van der Waals surface area contributed by atoms with Gasteiger partial charge in [-0.3, -0.25) is 0 Å². The molecule has 1 fully saturated rings. The molecular weight excluding hydrogens is 293 g/mol. The minimum atomic E-state index is -0.440. The van der Waals surface area contributed by atoms with Gasteiger partial charge < -0.3 is 9.64 Å². The van der Waals surface area contributed by atoms with Crippen molar-refractivity contribution in [1.82, 2.24) is 9.97 Å². The van der Waals surface area contributed by atoms with E-state index >= 15 is 0 Å². The van der Waals surface area contributed by atoms with Crippen LogP contribution in [0.15, 0.2) is 28.8 Å². The van der Waals surface area contributed by atoms with Crippen molar-refractivity contribution < 1.29 is 9.13 Å². The Morgan fingerprint density at radius 1 is 1.43 bits per heavy atom. The van der Waals surface area contributed by atoms with Crippen molar-refractivity contribution in [1.29, 1.82) is 0 Å². The molecule has 1 saturated heterocycles. The molecule has 110 valence electrons. The summed E-state index contributed by atoms with van der Waals surface area (Å²) in [6.07, 6.45) is 2.83. The van der Waals surface area contributed by atoms with Crippen LogP contribution in [0.1, 0.15) is 4.88 Å². The zero-order chi connectivity index (χ0) is 14.5. The second-order valence-electron chi connectivity index (χ2n) is 4.35. The van der Waals surface area contributed by atoms with E-state index in [4.69, 9.17) is 4.74 Å². The molecule has 0 unspecified atom stereocenters. The van der Waals surface area contributed by atoms with E-state index in [-0.39, 0.29) is 11.8 Å². The number of morpholine rings is 1. The first-order chi connectivity index (χ1) is 10.3. The Labute approximate surface area is 125 Å². The van der Waals surface area contributed by atoms with E-state index < -0.39 is 5.82 Å². The highest BCUT2D eigenvalue weighted by atomic mass is 32.1. The van der Waals surface area contributed by atoms with Crippen LogP contribution >= 0.6 is 11.3 Å². The van der Waals surface area contributed by atoms with E-state index in [2.05, 4.69) is 20.5 Å². The zero-order valence-electron chi connectivity index (χ0n) is 11.2. The maximum atomic E-state index is 13.8. The molecule has 0 amide bonds. The summed E-state index contributed by atoms with van der Waals surface area (Å²) in [5.41, 5.74) is 2.72. The zero-order valence-corrected chi connectivity index (χ0v) is 12.0. The fourth-order valence-electron chi connectivity index (χ4n) is 1.93. The van der Waals surface area contributed by atoms with E-state index in [9.17, 15) is 4.39 Å². The van der Waals surface area contributed by atoms with Gasteiger partial charge in [0.1, 0.15) is 0 Å². The number of hydrogen-bond donors (Lipinski definition) is 1. The summed E-state index contributed by atoms with van der Waals surface area (Å²) < 4.78 is 19.1. The van der Waals surface area contributed by atoms with Crippen LogP contribution in [-0.4, -0.2) is 42.5 Å². The van der Waals surface area contributed by atoms with Crippen LogP contribution in [0.2, 0.25) is 0 Å². The first-order valence-electron chi connectivity index (χ1n) is 6.51. The van der Waals surface area contributed by atoms with Crippen molar-refractivity contribution >= 4 is 29.3 Å². The number of aromatic nitrogens is 2. The van der Waals surface area contributed by atoms with Crippen LogP contribution < -0.4 is 10.3 Å².